The molecule has 0 aliphatic carbocycles. The molecular formula is C19H25N3O2. The Balaban J connectivity index is 1.63. The number of hydrogen-bond acceptors (Lipinski definition) is 5. The first-order valence-electron chi connectivity index (χ1n) is 8.30. The van der Waals surface area contributed by atoms with Crippen molar-refractivity contribution in [2.24, 2.45) is 0 Å². The molecule has 24 heavy (non-hydrogen) atoms. The zero-order chi connectivity index (χ0) is 16.9. The second-order valence-electron chi connectivity index (χ2n) is 6.13. The van der Waals surface area contributed by atoms with E-state index in [4.69, 9.17) is 9.47 Å². The van der Waals surface area contributed by atoms with Crippen LogP contribution in [0.3, 0.4) is 0 Å². The van der Waals surface area contributed by atoms with Crippen molar-refractivity contribution in [1.82, 2.24) is 9.88 Å². The standard InChI is InChI=1S/C19H25N3O2/c1-15-6-7-20-19(12-15)22-10-8-21(9-11-22)14-16-13-17(23-2)4-5-18(16)24-3/h4-7,12-13H,8-11,14H2,1-3H3. The highest BCUT2D eigenvalue weighted by molar-refractivity contribution is 5.42. The Hall–Kier alpha value is -2.27. The molecule has 0 atom stereocenters. The van der Waals surface area contributed by atoms with Crippen LogP contribution in [-0.2, 0) is 6.54 Å². The van der Waals surface area contributed by atoms with Gasteiger partial charge in [0.05, 0.1) is 14.2 Å². The van der Waals surface area contributed by atoms with E-state index in [2.05, 4.69) is 33.8 Å². The Kier molecular flexibility index (Phi) is 5.20. The Bertz CT molecular complexity index is 682. The highest BCUT2D eigenvalue weighted by Gasteiger charge is 2.19. The molecule has 1 saturated heterocycles. The lowest BCUT2D eigenvalue weighted by molar-refractivity contribution is 0.245. The van der Waals surface area contributed by atoms with Gasteiger partial charge in [-0.3, -0.25) is 4.90 Å². The quantitative estimate of drug-likeness (QED) is 0.844. The highest BCUT2D eigenvalue weighted by atomic mass is 16.5. The molecule has 2 aromatic rings. The number of piperazine rings is 1. The van der Waals surface area contributed by atoms with E-state index in [1.807, 2.05) is 24.4 Å². The van der Waals surface area contributed by atoms with Crippen molar-refractivity contribution in [3.63, 3.8) is 0 Å². The van der Waals surface area contributed by atoms with Crippen LogP contribution in [0.25, 0.3) is 0 Å². The zero-order valence-corrected chi connectivity index (χ0v) is 14.7. The summed E-state index contributed by atoms with van der Waals surface area (Å²) in [6.07, 6.45) is 1.89. The molecular weight excluding hydrogens is 302 g/mol. The molecule has 128 valence electrons. The first-order chi connectivity index (χ1) is 11.7. The van der Waals surface area contributed by atoms with E-state index in [9.17, 15) is 0 Å². The topological polar surface area (TPSA) is 37.8 Å². The van der Waals surface area contributed by atoms with Crippen LogP contribution in [0.2, 0.25) is 0 Å². The normalized spacial score (nSPS) is 15.4. The van der Waals surface area contributed by atoms with Crippen LogP contribution >= 0.6 is 0 Å². The first kappa shape index (κ1) is 16.6. The number of anilines is 1. The smallest absolute Gasteiger partial charge is 0.128 e. The summed E-state index contributed by atoms with van der Waals surface area (Å²) >= 11 is 0. The molecule has 1 aromatic carbocycles. The van der Waals surface area contributed by atoms with Crippen molar-refractivity contribution in [1.29, 1.82) is 0 Å². The van der Waals surface area contributed by atoms with Crippen molar-refractivity contribution in [3.8, 4) is 11.5 Å². The van der Waals surface area contributed by atoms with Gasteiger partial charge < -0.3 is 14.4 Å². The summed E-state index contributed by atoms with van der Waals surface area (Å²) in [6.45, 7) is 6.98. The SMILES string of the molecule is COc1ccc(OC)c(CN2CCN(c3cc(C)ccn3)CC2)c1. The fourth-order valence-corrected chi connectivity index (χ4v) is 3.07. The highest BCUT2D eigenvalue weighted by Crippen LogP contribution is 2.26. The minimum Gasteiger partial charge on any atom is -0.497 e. The minimum absolute atomic E-state index is 0.869. The maximum Gasteiger partial charge on any atom is 0.128 e. The summed E-state index contributed by atoms with van der Waals surface area (Å²) in [4.78, 5) is 9.29. The Morgan fingerprint density at radius 3 is 2.46 bits per heavy atom. The van der Waals surface area contributed by atoms with Crippen LogP contribution in [-0.4, -0.2) is 50.3 Å². The number of aryl methyl sites for hydroxylation is 1. The van der Waals surface area contributed by atoms with Crippen molar-refractivity contribution in [2.45, 2.75) is 13.5 Å². The molecule has 1 aromatic heterocycles. The third-order valence-corrected chi connectivity index (χ3v) is 4.48. The largest absolute Gasteiger partial charge is 0.497 e. The fourth-order valence-electron chi connectivity index (χ4n) is 3.07. The van der Waals surface area contributed by atoms with Crippen LogP contribution in [0.15, 0.2) is 36.5 Å². The van der Waals surface area contributed by atoms with Crippen molar-refractivity contribution < 1.29 is 9.47 Å². The molecule has 0 bridgehead atoms. The van der Waals surface area contributed by atoms with Gasteiger partial charge in [0.1, 0.15) is 17.3 Å². The van der Waals surface area contributed by atoms with Gasteiger partial charge >= 0.3 is 0 Å². The molecule has 5 heteroatoms. The zero-order valence-electron chi connectivity index (χ0n) is 14.7. The lowest BCUT2D eigenvalue weighted by Gasteiger charge is -2.35. The predicted molar refractivity (Wildman–Crippen MR) is 96.0 cm³/mol. The lowest BCUT2D eigenvalue weighted by Crippen LogP contribution is -2.46. The summed E-state index contributed by atoms with van der Waals surface area (Å²) < 4.78 is 10.8. The molecule has 5 nitrogen and oxygen atoms in total. The van der Waals surface area contributed by atoms with Crippen molar-refractivity contribution in [2.75, 3.05) is 45.3 Å². The van der Waals surface area contributed by atoms with E-state index in [-0.39, 0.29) is 0 Å². The predicted octanol–water partition coefficient (Wildman–Crippen LogP) is 2.73. The number of aromatic nitrogens is 1. The maximum atomic E-state index is 5.49. The van der Waals surface area contributed by atoms with E-state index in [0.29, 0.717) is 0 Å². The maximum absolute atomic E-state index is 5.49. The summed E-state index contributed by atoms with van der Waals surface area (Å²) in [7, 11) is 3.41. The van der Waals surface area contributed by atoms with E-state index < -0.39 is 0 Å². The molecule has 0 N–H and O–H groups in total. The van der Waals surface area contributed by atoms with Crippen molar-refractivity contribution in [3.05, 3.63) is 47.7 Å². The molecule has 3 rings (SSSR count). The molecule has 0 unspecified atom stereocenters. The number of benzene rings is 1. The number of rotatable bonds is 5. The summed E-state index contributed by atoms with van der Waals surface area (Å²) in [5.74, 6) is 2.86. The van der Waals surface area contributed by atoms with E-state index in [1.54, 1.807) is 14.2 Å². The molecule has 2 heterocycles. The molecule has 0 radical (unpaired) electrons. The van der Waals surface area contributed by atoms with Gasteiger partial charge in [0.2, 0.25) is 0 Å². The third-order valence-electron chi connectivity index (χ3n) is 4.48. The Morgan fingerprint density at radius 1 is 1.00 bits per heavy atom. The van der Waals surface area contributed by atoms with Crippen LogP contribution in [0.4, 0.5) is 5.82 Å². The summed E-state index contributed by atoms with van der Waals surface area (Å²) in [5, 5.41) is 0. The van der Waals surface area contributed by atoms with Gasteiger partial charge in [0.25, 0.3) is 0 Å². The van der Waals surface area contributed by atoms with Gasteiger partial charge in [-0.05, 0) is 42.8 Å². The van der Waals surface area contributed by atoms with E-state index >= 15 is 0 Å². The Morgan fingerprint density at radius 2 is 1.79 bits per heavy atom. The molecule has 1 aliphatic rings. The number of ether oxygens (including phenoxy) is 2. The molecule has 1 fully saturated rings. The van der Waals surface area contributed by atoms with Gasteiger partial charge in [-0.2, -0.15) is 0 Å². The van der Waals surface area contributed by atoms with Gasteiger partial charge in [0, 0.05) is 44.5 Å². The minimum atomic E-state index is 0.869. The number of hydrogen-bond donors (Lipinski definition) is 0. The van der Waals surface area contributed by atoms with Gasteiger partial charge in [-0.25, -0.2) is 4.98 Å². The average Bonchev–Trinajstić information content (AvgIpc) is 2.62. The first-order valence-corrected chi connectivity index (χ1v) is 8.30. The monoisotopic (exact) mass is 327 g/mol. The fraction of sp³-hybridized carbons (Fsp3) is 0.421. The van der Waals surface area contributed by atoms with Crippen LogP contribution in [0.1, 0.15) is 11.1 Å². The molecule has 0 amide bonds. The van der Waals surface area contributed by atoms with Gasteiger partial charge in [-0.1, -0.05) is 0 Å². The van der Waals surface area contributed by atoms with Crippen LogP contribution < -0.4 is 14.4 Å². The average molecular weight is 327 g/mol. The Labute approximate surface area is 143 Å². The second-order valence-corrected chi connectivity index (χ2v) is 6.13. The van der Waals surface area contributed by atoms with E-state index in [0.717, 1.165) is 50.0 Å². The number of methoxy groups -OCH3 is 2. The van der Waals surface area contributed by atoms with Crippen molar-refractivity contribution >= 4 is 5.82 Å². The van der Waals surface area contributed by atoms with Crippen LogP contribution in [0, 0.1) is 6.92 Å². The van der Waals surface area contributed by atoms with Gasteiger partial charge in [0.15, 0.2) is 0 Å². The summed E-state index contributed by atoms with van der Waals surface area (Å²) in [5.41, 5.74) is 2.42. The summed E-state index contributed by atoms with van der Waals surface area (Å²) in [6, 6.07) is 10.2. The number of pyridine rings is 1. The molecule has 0 spiro atoms. The van der Waals surface area contributed by atoms with E-state index in [1.165, 1.54) is 11.1 Å². The lowest BCUT2D eigenvalue weighted by atomic mass is 10.1. The van der Waals surface area contributed by atoms with Gasteiger partial charge in [-0.15, -0.1) is 0 Å². The van der Waals surface area contributed by atoms with Crippen LogP contribution in [0.5, 0.6) is 11.5 Å². The third kappa shape index (κ3) is 3.79. The number of nitrogens with zero attached hydrogens (tertiary/aromatic N) is 3. The molecule has 1 aliphatic heterocycles. The molecule has 0 saturated carbocycles. The second kappa shape index (κ2) is 7.53.